The normalized spacial score (nSPS) is 18.7. The first kappa shape index (κ1) is 20.0. The quantitative estimate of drug-likeness (QED) is 0.557. The van der Waals surface area contributed by atoms with Crippen molar-refractivity contribution in [3.63, 3.8) is 0 Å². The van der Waals surface area contributed by atoms with Crippen molar-refractivity contribution in [2.24, 2.45) is 0 Å². The summed E-state index contributed by atoms with van der Waals surface area (Å²) in [7, 11) is 0. The molecule has 2 aromatic rings. The van der Waals surface area contributed by atoms with Gasteiger partial charge in [0.05, 0.1) is 12.5 Å². The Kier molecular flexibility index (Phi) is 6.77. The third kappa shape index (κ3) is 5.40. The first-order chi connectivity index (χ1) is 13.5. The van der Waals surface area contributed by atoms with Crippen molar-refractivity contribution in [2.45, 2.75) is 37.8 Å². The molecule has 8 nitrogen and oxygen atoms in total. The number of nitrogens with one attached hydrogen (secondary N) is 4. The number of thiocarbonyl (C=S) groups is 2. The van der Waals surface area contributed by atoms with Gasteiger partial charge in [-0.15, -0.1) is 0 Å². The van der Waals surface area contributed by atoms with Crippen molar-refractivity contribution in [3.8, 4) is 0 Å². The van der Waals surface area contributed by atoms with Gasteiger partial charge < -0.3 is 19.5 Å². The summed E-state index contributed by atoms with van der Waals surface area (Å²) < 4.78 is 10.1. The van der Waals surface area contributed by atoms with Gasteiger partial charge in [-0.25, -0.2) is 0 Å². The Balaban J connectivity index is 1.51. The summed E-state index contributed by atoms with van der Waals surface area (Å²) in [5.41, 5.74) is 0. The molecule has 1 fully saturated rings. The second-order valence-corrected chi connectivity index (χ2v) is 7.12. The maximum absolute atomic E-state index is 12.0. The van der Waals surface area contributed by atoms with E-state index in [9.17, 15) is 9.59 Å². The summed E-state index contributed by atoms with van der Waals surface area (Å²) in [6.07, 6.45) is 6.59. The Morgan fingerprint density at radius 3 is 1.61 bits per heavy atom. The number of hydrogen-bond acceptors (Lipinski definition) is 6. The molecule has 0 saturated heterocycles. The molecule has 1 saturated carbocycles. The van der Waals surface area contributed by atoms with Crippen LogP contribution in [0.15, 0.2) is 45.6 Å². The van der Waals surface area contributed by atoms with Gasteiger partial charge >= 0.3 is 0 Å². The van der Waals surface area contributed by atoms with Crippen LogP contribution in [-0.4, -0.2) is 34.1 Å². The molecule has 4 N–H and O–H groups in total. The van der Waals surface area contributed by atoms with E-state index in [1.807, 2.05) is 0 Å². The molecule has 1 aliphatic carbocycles. The highest BCUT2D eigenvalue weighted by Gasteiger charge is 2.27. The van der Waals surface area contributed by atoms with Crippen molar-refractivity contribution < 1.29 is 18.4 Å². The van der Waals surface area contributed by atoms with E-state index in [4.69, 9.17) is 33.3 Å². The summed E-state index contributed by atoms with van der Waals surface area (Å²) in [4.78, 5) is 24.1. The van der Waals surface area contributed by atoms with Crippen LogP contribution in [-0.2, 0) is 0 Å². The Bertz CT molecular complexity index is 766. The van der Waals surface area contributed by atoms with Crippen LogP contribution >= 0.6 is 24.4 Å². The topological polar surface area (TPSA) is 109 Å². The maximum atomic E-state index is 12.0. The third-order valence-electron chi connectivity index (χ3n) is 4.34. The summed E-state index contributed by atoms with van der Waals surface area (Å²) in [6.45, 7) is 0. The molecule has 0 aromatic carbocycles. The summed E-state index contributed by atoms with van der Waals surface area (Å²) in [5, 5.41) is 11.9. The zero-order chi connectivity index (χ0) is 19.9. The zero-order valence-electron chi connectivity index (χ0n) is 14.9. The minimum Gasteiger partial charge on any atom is -0.459 e. The highest BCUT2D eigenvalue weighted by molar-refractivity contribution is 7.80. The van der Waals surface area contributed by atoms with Gasteiger partial charge in [0.1, 0.15) is 0 Å². The summed E-state index contributed by atoms with van der Waals surface area (Å²) in [5.74, 6) is -0.457. The molecule has 0 bridgehead atoms. The molecule has 0 radical (unpaired) electrons. The van der Waals surface area contributed by atoms with Crippen molar-refractivity contribution in [2.75, 3.05) is 0 Å². The average Bonchev–Trinajstić information content (AvgIpc) is 3.37. The second-order valence-electron chi connectivity index (χ2n) is 6.31. The van der Waals surface area contributed by atoms with Gasteiger partial charge in [0.25, 0.3) is 11.8 Å². The molecule has 0 spiro atoms. The number of amides is 2. The van der Waals surface area contributed by atoms with Crippen LogP contribution in [0.1, 0.15) is 46.8 Å². The predicted octanol–water partition coefficient (Wildman–Crippen LogP) is 2.09. The van der Waals surface area contributed by atoms with Crippen molar-refractivity contribution >= 4 is 46.5 Å². The average molecular weight is 421 g/mol. The van der Waals surface area contributed by atoms with Crippen LogP contribution in [0.2, 0.25) is 0 Å². The number of carbonyl (C=O) groups excluding carboxylic acids is 2. The van der Waals surface area contributed by atoms with Crippen molar-refractivity contribution in [1.82, 2.24) is 21.3 Å². The molecule has 2 amide bonds. The smallest absolute Gasteiger partial charge is 0.293 e. The predicted molar refractivity (Wildman–Crippen MR) is 110 cm³/mol. The lowest BCUT2D eigenvalue weighted by atomic mass is 9.90. The SMILES string of the molecule is O=C(NC(=S)N[C@H]1CCCC[C@@H]1NC(=S)NC(=O)c1ccco1)c1ccco1. The minimum absolute atomic E-state index is 0.0448. The molecule has 1 aliphatic rings. The molecule has 28 heavy (non-hydrogen) atoms. The van der Waals surface area contributed by atoms with Crippen LogP contribution < -0.4 is 21.3 Å². The Morgan fingerprint density at radius 2 is 1.25 bits per heavy atom. The molecule has 2 aromatic heterocycles. The lowest BCUT2D eigenvalue weighted by Crippen LogP contribution is -2.57. The van der Waals surface area contributed by atoms with E-state index in [1.54, 1.807) is 24.3 Å². The van der Waals surface area contributed by atoms with Gasteiger partial charge in [-0.1, -0.05) is 12.8 Å². The highest BCUT2D eigenvalue weighted by Crippen LogP contribution is 2.18. The fourth-order valence-electron chi connectivity index (χ4n) is 3.03. The lowest BCUT2D eigenvalue weighted by Gasteiger charge is -2.34. The third-order valence-corrected chi connectivity index (χ3v) is 4.78. The minimum atomic E-state index is -0.413. The summed E-state index contributed by atoms with van der Waals surface area (Å²) >= 11 is 10.5. The number of carbonyl (C=O) groups is 2. The molecular weight excluding hydrogens is 400 g/mol. The van der Waals surface area contributed by atoms with Crippen LogP contribution in [0.25, 0.3) is 0 Å². The lowest BCUT2D eigenvalue weighted by molar-refractivity contribution is 0.0940. The van der Waals surface area contributed by atoms with E-state index in [2.05, 4.69) is 21.3 Å². The van der Waals surface area contributed by atoms with Crippen LogP contribution in [0, 0.1) is 0 Å². The van der Waals surface area contributed by atoms with Crippen molar-refractivity contribution in [1.29, 1.82) is 0 Å². The molecule has 0 unspecified atom stereocenters. The van der Waals surface area contributed by atoms with Crippen LogP contribution in [0.5, 0.6) is 0 Å². The molecule has 148 valence electrons. The molecule has 0 aliphatic heterocycles. The maximum Gasteiger partial charge on any atom is 0.293 e. The standard InChI is InChI=1S/C18H20N4O4S2/c23-15(13-7-3-9-25-13)21-17(27)19-11-5-1-2-6-12(11)20-18(28)22-16(24)14-8-4-10-26-14/h3-4,7-12H,1-2,5-6H2,(H2,19,21,23,27)(H2,20,22,24,28)/t11-,12-/m0/s1. The fourth-order valence-corrected chi connectivity index (χ4v) is 3.52. The van der Waals surface area contributed by atoms with E-state index in [1.165, 1.54) is 12.5 Å². The van der Waals surface area contributed by atoms with Gasteiger partial charge in [-0.05, 0) is 61.5 Å². The largest absolute Gasteiger partial charge is 0.459 e. The van der Waals surface area contributed by atoms with Gasteiger partial charge in [0.2, 0.25) is 0 Å². The van der Waals surface area contributed by atoms with Gasteiger partial charge in [0.15, 0.2) is 21.7 Å². The fraction of sp³-hybridized carbons (Fsp3) is 0.333. The van der Waals surface area contributed by atoms with E-state index >= 15 is 0 Å². The Morgan fingerprint density at radius 1 is 0.821 bits per heavy atom. The molecule has 2 heterocycles. The molecule has 10 heteroatoms. The van der Waals surface area contributed by atoms with E-state index in [-0.39, 0.29) is 33.8 Å². The Hall–Kier alpha value is -2.72. The van der Waals surface area contributed by atoms with Crippen LogP contribution in [0.4, 0.5) is 0 Å². The first-order valence-electron chi connectivity index (χ1n) is 8.83. The van der Waals surface area contributed by atoms with E-state index < -0.39 is 11.8 Å². The summed E-state index contributed by atoms with van der Waals surface area (Å²) in [6, 6.07) is 6.29. The monoisotopic (exact) mass is 420 g/mol. The van der Waals surface area contributed by atoms with E-state index in [0.29, 0.717) is 0 Å². The Labute approximate surface area is 172 Å². The second kappa shape index (κ2) is 9.47. The van der Waals surface area contributed by atoms with Gasteiger partial charge in [0, 0.05) is 12.1 Å². The zero-order valence-corrected chi connectivity index (χ0v) is 16.5. The van der Waals surface area contributed by atoms with Gasteiger partial charge in [-0.3, -0.25) is 20.2 Å². The molecule has 2 atom stereocenters. The van der Waals surface area contributed by atoms with Crippen LogP contribution in [0.3, 0.4) is 0 Å². The first-order valence-corrected chi connectivity index (χ1v) is 9.65. The number of hydrogen-bond donors (Lipinski definition) is 4. The molecular formula is C18H20N4O4S2. The number of rotatable bonds is 4. The van der Waals surface area contributed by atoms with Gasteiger partial charge in [-0.2, -0.15) is 0 Å². The van der Waals surface area contributed by atoms with Crippen molar-refractivity contribution in [3.05, 3.63) is 48.3 Å². The van der Waals surface area contributed by atoms with E-state index in [0.717, 1.165) is 25.7 Å². The number of furan rings is 2. The highest BCUT2D eigenvalue weighted by atomic mass is 32.1. The molecule has 3 rings (SSSR count).